The number of hydrogen-bond donors (Lipinski definition) is 2. The second-order valence-electron chi connectivity index (χ2n) is 6.33. The molecule has 150 valence electrons. The number of carbonyl (C=O) groups is 3. The third-order valence-corrected chi connectivity index (χ3v) is 4.24. The summed E-state index contributed by atoms with van der Waals surface area (Å²) in [5.41, 5.74) is 2.41. The van der Waals surface area contributed by atoms with E-state index in [1.165, 1.54) is 19.5 Å². The predicted octanol–water partition coefficient (Wildman–Crippen LogP) is 1.32. The van der Waals surface area contributed by atoms with Crippen LogP contribution in [-0.4, -0.2) is 52.6 Å². The molecule has 0 saturated heterocycles. The number of nitrogens with zero attached hydrogens (tertiary/aromatic N) is 2. The molecule has 2 heterocycles. The third-order valence-electron chi connectivity index (χ3n) is 4.24. The summed E-state index contributed by atoms with van der Waals surface area (Å²) in [4.78, 5) is 47.2. The number of amides is 1. The average molecular weight is 396 g/mol. The van der Waals surface area contributed by atoms with Gasteiger partial charge in [-0.25, -0.2) is 14.6 Å². The Morgan fingerprint density at radius 1 is 1.17 bits per heavy atom. The highest BCUT2D eigenvalue weighted by Gasteiger charge is 2.24. The van der Waals surface area contributed by atoms with Gasteiger partial charge in [0.05, 0.1) is 19.0 Å². The molecular formula is C20H20N4O5. The normalized spacial score (nSPS) is 11.7. The third kappa shape index (κ3) is 4.95. The maximum atomic E-state index is 12.2. The van der Waals surface area contributed by atoms with E-state index in [2.05, 4.69) is 20.3 Å². The monoisotopic (exact) mass is 396 g/mol. The van der Waals surface area contributed by atoms with E-state index in [1.807, 2.05) is 24.3 Å². The Balaban J connectivity index is 1.62. The Bertz CT molecular complexity index is 1030. The van der Waals surface area contributed by atoms with E-state index >= 15 is 0 Å². The number of aromatic nitrogens is 3. The lowest BCUT2D eigenvalue weighted by molar-refractivity contribution is -0.145. The number of ether oxygens (including phenoxy) is 2. The minimum atomic E-state index is -0.926. The Hall–Kier alpha value is -3.75. The predicted molar refractivity (Wildman–Crippen MR) is 103 cm³/mol. The minimum absolute atomic E-state index is 0.00768. The zero-order valence-electron chi connectivity index (χ0n) is 16.0. The molecule has 0 fully saturated rings. The van der Waals surface area contributed by atoms with Crippen LogP contribution in [0.4, 0.5) is 0 Å². The van der Waals surface area contributed by atoms with E-state index in [4.69, 9.17) is 9.47 Å². The molecule has 3 rings (SSSR count). The molecule has 0 radical (unpaired) electrons. The van der Waals surface area contributed by atoms with Crippen LogP contribution in [0.15, 0.2) is 42.9 Å². The summed E-state index contributed by atoms with van der Waals surface area (Å²) < 4.78 is 9.73. The molecule has 2 aromatic heterocycles. The lowest BCUT2D eigenvalue weighted by atomic mass is 10.0. The van der Waals surface area contributed by atoms with Crippen LogP contribution in [-0.2, 0) is 25.5 Å². The van der Waals surface area contributed by atoms with Crippen LogP contribution in [0, 0.1) is 6.92 Å². The van der Waals surface area contributed by atoms with Crippen molar-refractivity contribution in [2.45, 2.75) is 19.4 Å². The van der Waals surface area contributed by atoms with Crippen molar-refractivity contribution in [1.82, 2.24) is 20.3 Å². The molecule has 0 aliphatic rings. The number of rotatable bonds is 7. The minimum Gasteiger partial charge on any atom is -0.467 e. The molecule has 0 spiro atoms. The van der Waals surface area contributed by atoms with Gasteiger partial charge >= 0.3 is 11.9 Å². The van der Waals surface area contributed by atoms with Crippen molar-refractivity contribution in [3.8, 4) is 0 Å². The maximum Gasteiger partial charge on any atom is 0.359 e. The Morgan fingerprint density at radius 3 is 2.69 bits per heavy atom. The number of hydrogen-bond acceptors (Lipinski definition) is 7. The highest BCUT2D eigenvalue weighted by atomic mass is 16.5. The fraction of sp³-hybridized carbons (Fsp3) is 0.250. The second kappa shape index (κ2) is 8.96. The van der Waals surface area contributed by atoms with Crippen LogP contribution in [0.3, 0.4) is 0 Å². The Kier molecular flexibility index (Phi) is 6.18. The number of esters is 2. The Labute approximate surface area is 166 Å². The van der Waals surface area contributed by atoms with Crippen molar-refractivity contribution in [1.29, 1.82) is 0 Å². The number of aryl methyl sites for hydroxylation is 1. The van der Waals surface area contributed by atoms with E-state index in [0.717, 1.165) is 16.5 Å². The molecule has 0 bridgehead atoms. The van der Waals surface area contributed by atoms with Gasteiger partial charge in [0.15, 0.2) is 12.3 Å². The SMILES string of the molecule is COC(=O)[C@H](Cc1c[nH]c2ccccc12)NC(=O)COC(=O)c1cnc(C)cn1. The summed E-state index contributed by atoms with van der Waals surface area (Å²) in [6, 6.07) is 6.69. The summed E-state index contributed by atoms with van der Waals surface area (Å²) in [7, 11) is 1.24. The van der Waals surface area contributed by atoms with Crippen LogP contribution in [0.5, 0.6) is 0 Å². The van der Waals surface area contributed by atoms with E-state index in [9.17, 15) is 14.4 Å². The summed E-state index contributed by atoms with van der Waals surface area (Å²) in [5, 5.41) is 3.49. The lowest BCUT2D eigenvalue weighted by Gasteiger charge is -2.16. The molecular weight excluding hydrogens is 376 g/mol. The van der Waals surface area contributed by atoms with Gasteiger partial charge in [0.2, 0.25) is 0 Å². The summed E-state index contributed by atoms with van der Waals surface area (Å²) in [6.07, 6.45) is 4.69. The first kappa shape index (κ1) is 20.0. The molecule has 1 aromatic carbocycles. The van der Waals surface area contributed by atoms with Crippen molar-refractivity contribution in [3.05, 3.63) is 59.8 Å². The summed E-state index contributed by atoms with van der Waals surface area (Å²) in [6.45, 7) is 1.17. The highest BCUT2D eigenvalue weighted by Crippen LogP contribution is 2.19. The number of benzene rings is 1. The van der Waals surface area contributed by atoms with Crippen molar-refractivity contribution in [2.24, 2.45) is 0 Å². The standard InChI is InChI=1S/C20H20N4O5/c1-12-8-22-17(10-21-12)20(27)29-11-18(25)24-16(19(26)28-2)7-13-9-23-15-6-4-3-5-14(13)15/h3-6,8-10,16,23H,7,11H2,1-2H3,(H,24,25)/t16-/m0/s1. The van der Waals surface area contributed by atoms with Crippen molar-refractivity contribution < 1.29 is 23.9 Å². The molecule has 1 amide bonds. The first-order chi connectivity index (χ1) is 14.0. The first-order valence-corrected chi connectivity index (χ1v) is 8.86. The molecule has 0 aliphatic carbocycles. The lowest BCUT2D eigenvalue weighted by Crippen LogP contribution is -2.44. The van der Waals surface area contributed by atoms with Gasteiger partial charge in [-0.1, -0.05) is 18.2 Å². The van der Waals surface area contributed by atoms with Gasteiger partial charge in [-0.15, -0.1) is 0 Å². The smallest absolute Gasteiger partial charge is 0.359 e. The number of methoxy groups -OCH3 is 1. The van der Waals surface area contributed by atoms with Gasteiger partial charge in [-0.05, 0) is 18.6 Å². The van der Waals surface area contributed by atoms with Crippen molar-refractivity contribution in [2.75, 3.05) is 13.7 Å². The largest absolute Gasteiger partial charge is 0.467 e. The number of para-hydroxylation sites is 1. The number of H-pyrrole nitrogens is 1. The summed E-state index contributed by atoms with van der Waals surface area (Å²) in [5.74, 6) is -2.01. The first-order valence-electron chi connectivity index (χ1n) is 8.86. The van der Waals surface area contributed by atoms with Crippen LogP contribution in [0.25, 0.3) is 10.9 Å². The van der Waals surface area contributed by atoms with E-state index in [-0.39, 0.29) is 12.1 Å². The van der Waals surface area contributed by atoms with Crippen LogP contribution < -0.4 is 5.32 Å². The summed E-state index contributed by atoms with van der Waals surface area (Å²) >= 11 is 0. The van der Waals surface area contributed by atoms with Gasteiger partial charge in [-0.3, -0.25) is 9.78 Å². The van der Waals surface area contributed by atoms with Crippen molar-refractivity contribution >= 4 is 28.7 Å². The molecule has 0 saturated carbocycles. The number of carbonyl (C=O) groups excluding carboxylic acids is 3. The molecule has 9 nitrogen and oxygen atoms in total. The number of fused-ring (bicyclic) bond motifs is 1. The van der Waals surface area contributed by atoms with Gasteiger partial charge in [0, 0.05) is 29.7 Å². The van der Waals surface area contributed by atoms with Gasteiger partial charge in [0.1, 0.15) is 6.04 Å². The van der Waals surface area contributed by atoms with E-state index < -0.39 is 30.5 Å². The fourth-order valence-corrected chi connectivity index (χ4v) is 2.79. The van der Waals surface area contributed by atoms with Crippen LogP contribution >= 0.6 is 0 Å². The highest BCUT2D eigenvalue weighted by molar-refractivity contribution is 5.91. The number of nitrogens with one attached hydrogen (secondary N) is 2. The second-order valence-corrected chi connectivity index (χ2v) is 6.33. The molecule has 9 heteroatoms. The topological polar surface area (TPSA) is 123 Å². The molecule has 2 N–H and O–H groups in total. The van der Waals surface area contributed by atoms with Crippen molar-refractivity contribution in [3.63, 3.8) is 0 Å². The average Bonchev–Trinajstić information content (AvgIpc) is 3.14. The molecule has 1 atom stereocenters. The number of aromatic amines is 1. The van der Waals surface area contributed by atoms with Crippen LogP contribution in [0.1, 0.15) is 21.7 Å². The Morgan fingerprint density at radius 2 is 1.97 bits per heavy atom. The van der Waals surface area contributed by atoms with Gasteiger partial charge < -0.3 is 19.8 Å². The maximum absolute atomic E-state index is 12.2. The van der Waals surface area contributed by atoms with E-state index in [1.54, 1.807) is 13.1 Å². The quantitative estimate of drug-likeness (QED) is 0.577. The fourth-order valence-electron chi connectivity index (χ4n) is 2.79. The zero-order chi connectivity index (χ0) is 20.8. The molecule has 29 heavy (non-hydrogen) atoms. The van der Waals surface area contributed by atoms with Crippen LogP contribution in [0.2, 0.25) is 0 Å². The van der Waals surface area contributed by atoms with Gasteiger partial charge in [0.25, 0.3) is 5.91 Å². The zero-order valence-corrected chi connectivity index (χ0v) is 16.0. The molecule has 0 aliphatic heterocycles. The molecule has 0 unspecified atom stereocenters. The van der Waals surface area contributed by atoms with E-state index in [0.29, 0.717) is 5.69 Å². The van der Waals surface area contributed by atoms with Gasteiger partial charge in [-0.2, -0.15) is 0 Å². The molecule has 3 aromatic rings.